The lowest BCUT2D eigenvalue weighted by Gasteiger charge is -2.11. The molecule has 3 aromatic rings. The van der Waals surface area contributed by atoms with Crippen molar-refractivity contribution in [3.63, 3.8) is 0 Å². The topological polar surface area (TPSA) is 114 Å². The van der Waals surface area contributed by atoms with E-state index in [-0.39, 0.29) is 0 Å². The molecule has 162 valence electrons. The number of fused-ring (bicyclic) bond motifs is 1. The molecule has 3 rings (SSSR count). The van der Waals surface area contributed by atoms with Crippen LogP contribution in [0.1, 0.15) is 5.56 Å². The van der Waals surface area contributed by atoms with E-state index in [1.54, 1.807) is 65.6 Å². The van der Waals surface area contributed by atoms with E-state index in [1.165, 1.54) is 6.20 Å². The van der Waals surface area contributed by atoms with Crippen molar-refractivity contribution in [3.8, 4) is 11.3 Å². The molecular weight excluding hydrogens is 413 g/mol. The van der Waals surface area contributed by atoms with E-state index in [9.17, 15) is 22.8 Å². The highest BCUT2D eigenvalue weighted by atomic mass is 19.4. The van der Waals surface area contributed by atoms with Gasteiger partial charge >= 0.3 is 12.2 Å². The minimum atomic E-state index is -4.49. The Morgan fingerprint density at radius 2 is 2.00 bits per heavy atom. The first kappa shape index (κ1) is 21.7. The number of benzene rings is 1. The van der Waals surface area contributed by atoms with Crippen molar-refractivity contribution in [2.75, 3.05) is 18.9 Å². The van der Waals surface area contributed by atoms with Crippen LogP contribution in [0.2, 0.25) is 0 Å². The molecule has 0 radical (unpaired) electrons. The van der Waals surface area contributed by atoms with Crippen molar-refractivity contribution < 1.29 is 22.8 Å². The van der Waals surface area contributed by atoms with E-state index in [2.05, 4.69) is 15.6 Å². The van der Waals surface area contributed by atoms with Crippen molar-refractivity contribution in [1.82, 2.24) is 20.0 Å². The van der Waals surface area contributed by atoms with Gasteiger partial charge < -0.3 is 21.7 Å². The zero-order chi connectivity index (χ0) is 22.6. The molecule has 0 fully saturated rings. The highest BCUT2D eigenvalue weighted by molar-refractivity contribution is 6.18. The summed E-state index contributed by atoms with van der Waals surface area (Å²) in [5.74, 6) is -0.590. The number of amides is 3. The summed E-state index contributed by atoms with van der Waals surface area (Å²) in [5, 5.41) is 6.89. The number of alkyl halides is 3. The lowest BCUT2D eigenvalue weighted by Crippen LogP contribution is -2.36. The third-order valence-corrected chi connectivity index (χ3v) is 4.24. The predicted molar refractivity (Wildman–Crippen MR) is 110 cm³/mol. The van der Waals surface area contributed by atoms with E-state index in [1.807, 2.05) is 0 Å². The van der Waals surface area contributed by atoms with Crippen molar-refractivity contribution in [1.29, 1.82) is 0 Å². The minimum Gasteiger partial charge on any atom is -0.393 e. The number of rotatable bonds is 6. The van der Waals surface area contributed by atoms with Crippen LogP contribution < -0.4 is 21.7 Å². The standard InChI is InChI=1S/C20H19F3N6O2/c1-25-9-15(18(24)30)12-5-6-29-16(10-26-17(29)8-12)13-3-2-4-14(7-13)28-19(31)27-11-20(21,22)23/h2-10,25H,11H2,1H3,(H2,24,30)(H2,27,28,31)/b15-9-. The monoisotopic (exact) mass is 432 g/mol. The third-order valence-electron chi connectivity index (χ3n) is 4.24. The Bertz CT molecular complexity index is 1150. The number of hydrogen-bond acceptors (Lipinski definition) is 4. The number of imidazole rings is 1. The smallest absolute Gasteiger partial charge is 0.393 e. The first-order valence-electron chi connectivity index (χ1n) is 9.04. The Labute approximate surface area is 175 Å². The lowest BCUT2D eigenvalue weighted by molar-refractivity contribution is -0.122. The molecule has 2 heterocycles. The Hall–Kier alpha value is -4.02. The summed E-state index contributed by atoms with van der Waals surface area (Å²) < 4.78 is 38.5. The normalized spacial score (nSPS) is 11.9. The molecule has 0 saturated carbocycles. The molecule has 0 atom stereocenters. The maximum absolute atomic E-state index is 12.2. The number of nitrogens with zero attached hydrogens (tertiary/aromatic N) is 2. The van der Waals surface area contributed by atoms with Crippen LogP contribution in [0.5, 0.6) is 0 Å². The summed E-state index contributed by atoms with van der Waals surface area (Å²) in [4.78, 5) is 27.7. The van der Waals surface area contributed by atoms with Gasteiger partial charge in [0.2, 0.25) is 0 Å². The molecule has 0 aliphatic rings. The van der Waals surface area contributed by atoms with Crippen molar-refractivity contribution in [2.24, 2.45) is 5.73 Å². The summed E-state index contributed by atoms with van der Waals surface area (Å²) >= 11 is 0. The average molecular weight is 432 g/mol. The van der Waals surface area contributed by atoms with E-state index >= 15 is 0 Å². The van der Waals surface area contributed by atoms with Gasteiger partial charge in [0.1, 0.15) is 12.2 Å². The van der Waals surface area contributed by atoms with Crippen molar-refractivity contribution in [2.45, 2.75) is 6.18 Å². The van der Waals surface area contributed by atoms with Crippen LogP contribution in [0.3, 0.4) is 0 Å². The number of aromatic nitrogens is 2. The fourth-order valence-electron chi connectivity index (χ4n) is 2.91. The summed E-state index contributed by atoms with van der Waals surface area (Å²) in [6.07, 6.45) is 0.325. The molecule has 0 saturated heterocycles. The second-order valence-electron chi connectivity index (χ2n) is 6.50. The van der Waals surface area contributed by atoms with Crippen LogP contribution in [-0.4, -0.2) is 41.1 Å². The largest absolute Gasteiger partial charge is 0.405 e. The number of anilines is 1. The first-order valence-corrected chi connectivity index (χ1v) is 9.04. The fraction of sp³-hybridized carbons (Fsp3) is 0.150. The molecule has 5 N–H and O–H groups in total. The highest BCUT2D eigenvalue weighted by Gasteiger charge is 2.27. The van der Waals surface area contributed by atoms with Gasteiger partial charge in [-0.05, 0) is 29.8 Å². The summed E-state index contributed by atoms with van der Waals surface area (Å²) in [5.41, 5.74) is 8.53. The molecular formula is C20H19F3N6O2. The zero-order valence-corrected chi connectivity index (χ0v) is 16.3. The Morgan fingerprint density at radius 1 is 1.23 bits per heavy atom. The summed E-state index contributed by atoms with van der Waals surface area (Å²) in [7, 11) is 1.65. The predicted octanol–water partition coefficient (Wildman–Crippen LogP) is 2.73. The van der Waals surface area contributed by atoms with Gasteiger partial charge in [0, 0.05) is 30.7 Å². The van der Waals surface area contributed by atoms with E-state index in [4.69, 9.17) is 5.73 Å². The van der Waals surface area contributed by atoms with Gasteiger partial charge in [-0.2, -0.15) is 13.2 Å². The summed E-state index contributed by atoms with van der Waals surface area (Å²) in [6.45, 7) is -1.43. The number of nitrogens with two attached hydrogens (primary N) is 1. The van der Waals surface area contributed by atoms with Crippen LogP contribution in [0, 0.1) is 0 Å². The van der Waals surface area contributed by atoms with Crippen LogP contribution in [-0.2, 0) is 4.79 Å². The number of pyridine rings is 1. The molecule has 0 bridgehead atoms. The maximum Gasteiger partial charge on any atom is 0.405 e. The van der Waals surface area contributed by atoms with Gasteiger partial charge in [-0.15, -0.1) is 0 Å². The number of halogens is 3. The van der Waals surface area contributed by atoms with Crippen molar-refractivity contribution >= 4 is 28.8 Å². The van der Waals surface area contributed by atoms with Crippen LogP contribution in [0.4, 0.5) is 23.7 Å². The SMILES string of the molecule is CN/C=C(\C(N)=O)c1ccn2c(-c3cccc(NC(=O)NCC(F)(F)F)c3)cnc2c1. The molecule has 31 heavy (non-hydrogen) atoms. The number of hydrogen-bond donors (Lipinski definition) is 4. The molecule has 2 aromatic heterocycles. The number of carbonyl (C=O) groups is 2. The van der Waals surface area contributed by atoms with Crippen LogP contribution in [0.25, 0.3) is 22.5 Å². The summed E-state index contributed by atoms with van der Waals surface area (Å²) in [6, 6.07) is 9.03. The second-order valence-corrected chi connectivity index (χ2v) is 6.50. The van der Waals surface area contributed by atoms with E-state index in [0.717, 1.165) is 0 Å². The Balaban J connectivity index is 1.86. The van der Waals surface area contributed by atoms with Gasteiger partial charge in [0.25, 0.3) is 5.91 Å². The average Bonchev–Trinajstić information content (AvgIpc) is 3.13. The van der Waals surface area contributed by atoms with Gasteiger partial charge in [-0.1, -0.05) is 12.1 Å². The maximum atomic E-state index is 12.2. The Morgan fingerprint density at radius 3 is 2.68 bits per heavy atom. The molecule has 1 aromatic carbocycles. The quantitative estimate of drug-likeness (QED) is 0.449. The van der Waals surface area contributed by atoms with Gasteiger partial charge in [0.15, 0.2) is 0 Å². The number of nitrogens with one attached hydrogen (secondary N) is 3. The first-order chi connectivity index (χ1) is 14.7. The van der Waals surface area contributed by atoms with Crippen LogP contribution in [0.15, 0.2) is 55.0 Å². The molecule has 8 nitrogen and oxygen atoms in total. The molecule has 0 aliphatic heterocycles. The molecule has 3 amide bonds. The van der Waals surface area contributed by atoms with Gasteiger partial charge in [-0.25, -0.2) is 9.78 Å². The molecule has 0 aliphatic carbocycles. The lowest BCUT2D eigenvalue weighted by atomic mass is 10.1. The zero-order valence-electron chi connectivity index (χ0n) is 16.3. The Kier molecular flexibility index (Phi) is 6.14. The van der Waals surface area contributed by atoms with E-state index < -0.39 is 24.7 Å². The molecule has 0 spiro atoms. The molecule has 0 unspecified atom stereocenters. The number of primary amides is 1. The van der Waals surface area contributed by atoms with Gasteiger partial charge in [-0.3, -0.25) is 9.20 Å². The van der Waals surface area contributed by atoms with Crippen LogP contribution >= 0.6 is 0 Å². The van der Waals surface area contributed by atoms with Gasteiger partial charge in [0.05, 0.1) is 17.5 Å². The van der Waals surface area contributed by atoms with Crippen molar-refractivity contribution in [3.05, 3.63) is 60.6 Å². The number of carbonyl (C=O) groups excluding carboxylic acids is 2. The third kappa shape index (κ3) is 5.32. The molecule has 11 heteroatoms. The second kappa shape index (κ2) is 8.78. The fourth-order valence-corrected chi connectivity index (χ4v) is 2.91. The highest BCUT2D eigenvalue weighted by Crippen LogP contribution is 2.25. The number of urea groups is 1. The van der Waals surface area contributed by atoms with E-state index in [0.29, 0.717) is 33.7 Å². The minimum absolute atomic E-state index is 0.297.